The molecule has 1 rings (SSSR count). The topological polar surface area (TPSA) is 43.4 Å². The van der Waals surface area contributed by atoms with Crippen molar-refractivity contribution >= 4 is 5.97 Å². The monoisotopic (exact) mass is 289 g/mol. The number of likely N-dealkylation sites (tertiary alicyclic amines) is 1. The second-order valence-electron chi connectivity index (χ2n) is 3.02. The maximum absolute atomic E-state index is 10.1. The molecule has 0 amide bonds. The second-order valence-corrected chi connectivity index (χ2v) is 3.02. The van der Waals surface area contributed by atoms with Gasteiger partial charge in [0.2, 0.25) is 0 Å². The van der Waals surface area contributed by atoms with E-state index < -0.39 is 5.97 Å². The zero-order valence-corrected chi connectivity index (χ0v) is 14.0. The molecule has 0 N–H and O–H groups in total. The first-order chi connectivity index (χ1) is 5.29. The molecule has 0 aromatic carbocycles. The standard InChI is InChI=1S/C8H15NO2.Cs/c10-8(11)4-7-9-5-2-1-3-6-9;/h1-7H2,(H,10,11);/q;+1/p-1. The Balaban J connectivity index is 0.00000121. The third-order valence-electron chi connectivity index (χ3n) is 2.08. The van der Waals surface area contributed by atoms with Crippen molar-refractivity contribution in [2.24, 2.45) is 0 Å². The van der Waals surface area contributed by atoms with Gasteiger partial charge in [0.1, 0.15) is 0 Å². The van der Waals surface area contributed by atoms with Crippen LogP contribution < -0.4 is 74.0 Å². The van der Waals surface area contributed by atoms with Crippen LogP contribution in [0.1, 0.15) is 25.7 Å². The molecule has 0 saturated carbocycles. The number of carbonyl (C=O) groups is 1. The Kier molecular flexibility index (Phi) is 8.82. The molecule has 12 heavy (non-hydrogen) atoms. The number of nitrogens with zero attached hydrogens (tertiary/aromatic N) is 1. The number of rotatable bonds is 3. The molecular weight excluding hydrogens is 275 g/mol. The van der Waals surface area contributed by atoms with Crippen molar-refractivity contribution in [3.05, 3.63) is 0 Å². The maximum atomic E-state index is 10.1. The summed E-state index contributed by atoms with van der Waals surface area (Å²) in [6, 6.07) is 0. The second kappa shape index (κ2) is 7.85. The normalized spacial score (nSPS) is 18.3. The fraction of sp³-hybridized carbons (Fsp3) is 0.875. The molecule has 1 aliphatic heterocycles. The zero-order valence-electron chi connectivity index (χ0n) is 7.71. The summed E-state index contributed by atoms with van der Waals surface area (Å²) in [5, 5.41) is 10.1. The number of carboxylic acids is 1. The van der Waals surface area contributed by atoms with Crippen LogP contribution >= 0.6 is 0 Å². The summed E-state index contributed by atoms with van der Waals surface area (Å²) in [7, 11) is 0. The fourth-order valence-corrected chi connectivity index (χ4v) is 1.43. The molecule has 0 aliphatic carbocycles. The van der Waals surface area contributed by atoms with Crippen molar-refractivity contribution in [1.29, 1.82) is 0 Å². The van der Waals surface area contributed by atoms with Gasteiger partial charge in [-0.25, -0.2) is 0 Å². The molecule has 64 valence electrons. The van der Waals surface area contributed by atoms with E-state index in [1.165, 1.54) is 19.3 Å². The van der Waals surface area contributed by atoms with Crippen LogP contribution in [0.2, 0.25) is 0 Å². The fourth-order valence-electron chi connectivity index (χ4n) is 1.43. The van der Waals surface area contributed by atoms with Crippen LogP contribution in [0, 0.1) is 0 Å². The van der Waals surface area contributed by atoms with Crippen molar-refractivity contribution in [1.82, 2.24) is 4.90 Å². The van der Waals surface area contributed by atoms with Gasteiger partial charge in [-0.05, 0) is 32.4 Å². The van der Waals surface area contributed by atoms with Crippen LogP contribution in [-0.4, -0.2) is 30.5 Å². The molecule has 1 aliphatic rings. The molecule has 1 heterocycles. The Morgan fingerprint density at radius 3 is 2.33 bits per heavy atom. The van der Waals surface area contributed by atoms with Gasteiger partial charge in [0.05, 0.1) is 0 Å². The van der Waals surface area contributed by atoms with E-state index in [1.807, 2.05) is 0 Å². The van der Waals surface area contributed by atoms with Crippen molar-refractivity contribution in [2.75, 3.05) is 19.6 Å². The van der Waals surface area contributed by atoms with Crippen LogP contribution in [0.25, 0.3) is 0 Å². The van der Waals surface area contributed by atoms with Gasteiger partial charge in [-0.2, -0.15) is 0 Å². The minimum atomic E-state index is -0.935. The van der Waals surface area contributed by atoms with Crippen molar-refractivity contribution in [3.63, 3.8) is 0 Å². The molecule has 1 fully saturated rings. The van der Waals surface area contributed by atoms with Crippen LogP contribution in [-0.2, 0) is 4.79 Å². The molecule has 1 saturated heterocycles. The largest absolute Gasteiger partial charge is 1.00 e. The van der Waals surface area contributed by atoms with E-state index in [0.717, 1.165) is 13.1 Å². The third-order valence-corrected chi connectivity index (χ3v) is 2.08. The summed E-state index contributed by atoms with van der Waals surface area (Å²) in [6.45, 7) is 2.79. The summed E-state index contributed by atoms with van der Waals surface area (Å²) in [6.07, 6.45) is 3.90. The predicted octanol–water partition coefficient (Wildman–Crippen LogP) is -3.38. The molecule has 4 heteroatoms. The Hall–Kier alpha value is 1.48. The molecule has 0 aromatic heterocycles. The average Bonchev–Trinajstić information content (AvgIpc) is 2.03. The van der Waals surface area contributed by atoms with E-state index in [2.05, 4.69) is 4.90 Å². The first-order valence-electron chi connectivity index (χ1n) is 4.21. The quantitative estimate of drug-likeness (QED) is 0.544. The van der Waals surface area contributed by atoms with Crippen LogP contribution in [0.3, 0.4) is 0 Å². The Bertz CT molecular complexity index is 135. The smallest absolute Gasteiger partial charge is 0.550 e. The summed E-state index contributed by atoms with van der Waals surface area (Å²) >= 11 is 0. The minimum Gasteiger partial charge on any atom is -0.550 e. The Morgan fingerprint density at radius 2 is 1.83 bits per heavy atom. The molecule has 0 unspecified atom stereocenters. The van der Waals surface area contributed by atoms with Gasteiger partial charge in [0.25, 0.3) is 0 Å². The SMILES string of the molecule is O=C([O-])CCN1CCCCC1.[Cs+]. The van der Waals surface area contributed by atoms with Crippen molar-refractivity contribution < 1.29 is 78.8 Å². The molecule has 0 aromatic rings. The summed E-state index contributed by atoms with van der Waals surface area (Å²) < 4.78 is 0. The molecule has 3 nitrogen and oxygen atoms in total. The van der Waals surface area contributed by atoms with E-state index in [0.29, 0.717) is 6.54 Å². The third kappa shape index (κ3) is 6.02. The van der Waals surface area contributed by atoms with E-state index in [1.54, 1.807) is 0 Å². The van der Waals surface area contributed by atoms with Crippen molar-refractivity contribution in [2.45, 2.75) is 25.7 Å². The number of hydrogen-bond donors (Lipinski definition) is 0. The minimum absolute atomic E-state index is 0. The van der Waals surface area contributed by atoms with Crippen LogP contribution in [0.15, 0.2) is 0 Å². The molecule has 0 spiro atoms. The van der Waals surface area contributed by atoms with Gasteiger partial charge >= 0.3 is 68.9 Å². The van der Waals surface area contributed by atoms with Crippen LogP contribution in [0.5, 0.6) is 0 Å². The molecule has 0 atom stereocenters. The summed E-state index contributed by atoms with van der Waals surface area (Å²) in [4.78, 5) is 12.3. The van der Waals surface area contributed by atoms with E-state index in [4.69, 9.17) is 0 Å². The molecular formula is C8H14CsNO2. The number of carboxylic acid groups (broad SMARTS) is 1. The number of aliphatic carboxylic acids is 1. The summed E-state index contributed by atoms with van der Waals surface area (Å²) in [5.74, 6) is -0.935. The van der Waals surface area contributed by atoms with Gasteiger partial charge in [-0.1, -0.05) is 6.42 Å². The maximum Gasteiger partial charge on any atom is 1.00 e. The van der Waals surface area contributed by atoms with Gasteiger partial charge in [-0.15, -0.1) is 0 Å². The van der Waals surface area contributed by atoms with Gasteiger partial charge in [0, 0.05) is 12.5 Å². The summed E-state index contributed by atoms with van der Waals surface area (Å²) in [5.41, 5.74) is 0. The number of hydrogen-bond acceptors (Lipinski definition) is 3. The first-order valence-corrected chi connectivity index (χ1v) is 4.21. The first kappa shape index (κ1) is 13.5. The van der Waals surface area contributed by atoms with Crippen LogP contribution in [0.4, 0.5) is 0 Å². The number of piperidine rings is 1. The number of carbonyl (C=O) groups excluding carboxylic acids is 1. The van der Waals surface area contributed by atoms with E-state index in [9.17, 15) is 9.90 Å². The Morgan fingerprint density at radius 1 is 1.25 bits per heavy atom. The van der Waals surface area contributed by atoms with E-state index in [-0.39, 0.29) is 75.3 Å². The van der Waals surface area contributed by atoms with Gasteiger partial charge in [-0.3, -0.25) is 0 Å². The van der Waals surface area contributed by atoms with E-state index >= 15 is 0 Å². The molecule has 0 bridgehead atoms. The predicted molar refractivity (Wildman–Crippen MR) is 39.9 cm³/mol. The van der Waals surface area contributed by atoms with Gasteiger partial charge in [0.15, 0.2) is 0 Å². The molecule has 0 radical (unpaired) electrons. The average molecular weight is 289 g/mol. The van der Waals surface area contributed by atoms with Gasteiger partial charge < -0.3 is 14.8 Å². The van der Waals surface area contributed by atoms with Crippen molar-refractivity contribution in [3.8, 4) is 0 Å². The zero-order chi connectivity index (χ0) is 8.10. The Labute approximate surface area is 132 Å².